The Balaban J connectivity index is 2.08. The normalized spacial score (nSPS) is 14.0. The number of aromatic nitrogens is 2. The minimum Gasteiger partial charge on any atom is -0.490 e. The molecule has 92 valence electrons. The van der Waals surface area contributed by atoms with Crippen LogP contribution in [-0.4, -0.2) is 23.1 Å². The van der Waals surface area contributed by atoms with E-state index in [4.69, 9.17) is 27.9 Å². The third-order valence-electron chi connectivity index (χ3n) is 2.71. The predicted molar refractivity (Wildman–Crippen MR) is 71.0 cm³/mol. The molecule has 0 amide bonds. The van der Waals surface area contributed by atoms with Gasteiger partial charge in [-0.1, -0.05) is 23.7 Å². The highest BCUT2D eigenvalue weighted by atomic mass is 35.5. The Morgan fingerprint density at radius 2 is 2.00 bits per heavy atom. The Morgan fingerprint density at radius 1 is 1.17 bits per heavy atom. The SMILES string of the molecule is Clc1ncc(N2CCOc3ccccc32)c(Cl)n1. The molecule has 0 atom stereocenters. The highest BCUT2D eigenvalue weighted by Crippen LogP contribution is 2.38. The molecule has 0 saturated carbocycles. The molecule has 1 aromatic carbocycles. The van der Waals surface area contributed by atoms with Crippen LogP contribution in [0, 0.1) is 0 Å². The van der Waals surface area contributed by atoms with Crippen molar-refractivity contribution in [3.8, 4) is 5.75 Å². The molecule has 0 fully saturated rings. The molecule has 0 aliphatic carbocycles. The van der Waals surface area contributed by atoms with Gasteiger partial charge < -0.3 is 9.64 Å². The molecule has 6 heteroatoms. The predicted octanol–water partition coefficient (Wildman–Crippen LogP) is 3.31. The standard InChI is InChI=1S/C12H9Cl2N3O/c13-11-9(7-15-12(14)16-11)17-5-6-18-10-4-2-1-3-8(10)17/h1-4,7H,5-6H2. The maximum Gasteiger partial charge on any atom is 0.223 e. The summed E-state index contributed by atoms with van der Waals surface area (Å²) in [7, 11) is 0. The first-order valence-corrected chi connectivity index (χ1v) is 6.19. The van der Waals surface area contributed by atoms with Crippen LogP contribution in [0.25, 0.3) is 0 Å². The van der Waals surface area contributed by atoms with E-state index < -0.39 is 0 Å². The fraction of sp³-hybridized carbons (Fsp3) is 0.167. The molecule has 2 heterocycles. The van der Waals surface area contributed by atoms with Gasteiger partial charge in [-0.15, -0.1) is 0 Å². The van der Waals surface area contributed by atoms with Crippen LogP contribution in [0.3, 0.4) is 0 Å². The number of rotatable bonds is 1. The zero-order valence-electron chi connectivity index (χ0n) is 9.31. The lowest BCUT2D eigenvalue weighted by Gasteiger charge is -2.31. The summed E-state index contributed by atoms with van der Waals surface area (Å²) in [5.74, 6) is 0.828. The second-order valence-electron chi connectivity index (χ2n) is 3.78. The molecule has 1 aromatic heterocycles. The van der Waals surface area contributed by atoms with Gasteiger partial charge in [-0.3, -0.25) is 0 Å². The second kappa shape index (κ2) is 4.63. The number of anilines is 2. The third-order valence-corrected chi connectivity index (χ3v) is 3.17. The maximum absolute atomic E-state index is 6.11. The Bertz CT molecular complexity index is 591. The summed E-state index contributed by atoms with van der Waals surface area (Å²) in [4.78, 5) is 9.96. The lowest BCUT2D eigenvalue weighted by molar-refractivity contribution is 0.314. The highest BCUT2D eigenvalue weighted by molar-refractivity contribution is 6.33. The summed E-state index contributed by atoms with van der Waals surface area (Å²) in [5.41, 5.74) is 1.69. The Kier molecular flexibility index (Phi) is 2.97. The fourth-order valence-corrected chi connectivity index (χ4v) is 2.34. The first kappa shape index (κ1) is 11.6. The van der Waals surface area contributed by atoms with Crippen molar-refractivity contribution in [1.29, 1.82) is 0 Å². The lowest BCUT2D eigenvalue weighted by Crippen LogP contribution is -2.28. The molecular formula is C12H9Cl2N3O. The van der Waals surface area contributed by atoms with E-state index in [-0.39, 0.29) is 5.28 Å². The quantitative estimate of drug-likeness (QED) is 0.594. The van der Waals surface area contributed by atoms with E-state index in [1.807, 2.05) is 29.2 Å². The van der Waals surface area contributed by atoms with Crippen molar-refractivity contribution in [2.75, 3.05) is 18.1 Å². The molecule has 2 aromatic rings. The van der Waals surface area contributed by atoms with Crippen LogP contribution in [0.1, 0.15) is 0 Å². The van der Waals surface area contributed by atoms with Gasteiger partial charge >= 0.3 is 0 Å². The molecule has 1 aliphatic heterocycles. The van der Waals surface area contributed by atoms with E-state index >= 15 is 0 Å². The van der Waals surface area contributed by atoms with E-state index in [0.29, 0.717) is 18.3 Å². The first-order chi connectivity index (χ1) is 8.75. The largest absolute Gasteiger partial charge is 0.490 e. The summed E-state index contributed by atoms with van der Waals surface area (Å²) in [6, 6.07) is 7.78. The molecule has 0 spiro atoms. The molecule has 1 aliphatic rings. The average molecular weight is 282 g/mol. The van der Waals surface area contributed by atoms with E-state index in [0.717, 1.165) is 17.1 Å². The van der Waals surface area contributed by atoms with Gasteiger partial charge in [0.2, 0.25) is 5.28 Å². The molecule has 0 N–H and O–H groups in total. The van der Waals surface area contributed by atoms with Crippen LogP contribution >= 0.6 is 23.2 Å². The van der Waals surface area contributed by atoms with Gasteiger partial charge in [0.25, 0.3) is 0 Å². The Morgan fingerprint density at radius 3 is 2.83 bits per heavy atom. The van der Waals surface area contributed by atoms with E-state index in [2.05, 4.69) is 9.97 Å². The minimum absolute atomic E-state index is 0.144. The van der Waals surface area contributed by atoms with Crippen molar-refractivity contribution in [3.63, 3.8) is 0 Å². The summed E-state index contributed by atoms with van der Waals surface area (Å²) in [6.45, 7) is 1.29. The number of benzene rings is 1. The second-order valence-corrected chi connectivity index (χ2v) is 4.48. The molecule has 18 heavy (non-hydrogen) atoms. The van der Waals surface area contributed by atoms with E-state index in [9.17, 15) is 0 Å². The van der Waals surface area contributed by atoms with Crippen LogP contribution < -0.4 is 9.64 Å². The topological polar surface area (TPSA) is 38.2 Å². The number of halogens is 2. The summed E-state index contributed by atoms with van der Waals surface area (Å²) < 4.78 is 5.59. The van der Waals surface area contributed by atoms with Gasteiger partial charge in [-0.25, -0.2) is 9.97 Å². The molecule has 0 saturated heterocycles. The smallest absolute Gasteiger partial charge is 0.223 e. The van der Waals surface area contributed by atoms with Crippen molar-refractivity contribution >= 4 is 34.6 Å². The van der Waals surface area contributed by atoms with Gasteiger partial charge in [-0.05, 0) is 23.7 Å². The van der Waals surface area contributed by atoms with Crippen molar-refractivity contribution in [2.24, 2.45) is 0 Å². The monoisotopic (exact) mass is 281 g/mol. The molecule has 4 nitrogen and oxygen atoms in total. The molecule has 0 bridgehead atoms. The van der Waals surface area contributed by atoms with Crippen LogP contribution in [0.5, 0.6) is 5.75 Å². The van der Waals surface area contributed by atoms with Crippen molar-refractivity contribution in [3.05, 3.63) is 40.9 Å². The number of para-hydroxylation sites is 2. The fourth-order valence-electron chi connectivity index (χ4n) is 1.94. The highest BCUT2D eigenvalue weighted by Gasteiger charge is 2.21. The summed E-state index contributed by atoms with van der Waals surface area (Å²) >= 11 is 11.8. The van der Waals surface area contributed by atoms with Crippen molar-refractivity contribution in [1.82, 2.24) is 9.97 Å². The van der Waals surface area contributed by atoms with Crippen molar-refractivity contribution in [2.45, 2.75) is 0 Å². The van der Waals surface area contributed by atoms with Gasteiger partial charge in [0.1, 0.15) is 12.4 Å². The lowest BCUT2D eigenvalue weighted by atomic mass is 10.2. The number of ether oxygens (including phenoxy) is 1. The van der Waals surface area contributed by atoms with Gasteiger partial charge in [0.05, 0.1) is 24.1 Å². The maximum atomic E-state index is 6.11. The molecule has 3 rings (SSSR count). The van der Waals surface area contributed by atoms with Crippen LogP contribution in [0.2, 0.25) is 10.4 Å². The molecule has 0 unspecified atom stereocenters. The zero-order valence-corrected chi connectivity index (χ0v) is 10.8. The van der Waals surface area contributed by atoms with Gasteiger partial charge in [0, 0.05) is 0 Å². The number of nitrogens with zero attached hydrogens (tertiary/aromatic N) is 3. The Hall–Kier alpha value is -1.52. The van der Waals surface area contributed by atoms with Crippen LogP contribution in [0.15, 0.2) is 30.5 Å². The summed E-state index contributed by atoms with van der Waals surface area (Å²) in [5, 5.41) is 0.483. The molecule has 0 radical (unpaired) electrons. The zero-order chi connectivity index (χ0) is 12.5. The number of hydrogen-bond donors (Lipinski definition) is 0. The van der Waals surface area contributed by atoms with E-state index in [1.54, 1.807) is 6.20 Å². The number of fused-ring (bicyclic) bond motifs is 1. The van der Waals surface area contributed by atoms with Crippen LogP contribution in [0.4, 0.5) is 11.4 Å². The number of hydrogen-bond acceptors (Lipinski definition) is 4. The van der Waals surface area contributed by atoms with E-state index in [1.165, 1.54) is 0 Å². The molecular weight excluding hydrogens is 273 g/mol. The third kappa shape index (κ3) is 1.98. The van der Waals surface area contributed by atoms with Gasteiger partial charge in [-0.2, -0.15) is 0 Å². The summed E-state index contributed by atoms with van der Waals surface area (Å²) in [6.07, 6.45) is 1.62. The average Bonchev–Trinajstić information content (AvgIpc) is 2.38. The van der Waals surface area contributed by atoms with Crippen molar-refractivity contribution < 1.29 is 4.74 Å². The van der Waals surface area contributed by atoms with Gasteiger partial charge in [0.15, 0.2) is 5.15 Å². The minimum atomic E-state index is 0.144. The Labute approximate surface area is 114 Å². The van der Waals surface area contributed by atoms with Crippen LogP contribution in [-0.2, 0) is 0 Å². The first-order valence-electron chi connectivity index (χ1n) is 5.43.